The lowest BCUT2D eigenvalue weighted by atomic mass is 10.2. The van der Waals surface area contributed by atoms with E-state index in [-0.39, 0.29) is 22.8 Å². The number of hydrogen-bond acceptors (Lipinski definition) is 5. The Morgan fingerprint density at radius 2 is 1.95 bits per heavy atom. The van der Waals surface area contributed by atoms with Gasteiger partial charge >= 0.3 is 5.97 Å². The number of nitrogens with zero attached hydrogens (tertiary/aromatic N) is 1. The van der Waals surface area contributed by atoms with Crippen molar-refractivity contribution in [1.29, 1.82) is 5.26 Å². The lowest BCUT2D eigenvalue weighted by Crippen LogP contribution is -2.24. The van der Waals surface area contributed by atoms with Crippen LogP contribution < -0.4 is 4.72 Å². The van der Waals surface area contributed by atoms with Gasteiger partial charge in [-0.15, -0.1) is 0 Å². The van der Waals surface area contributed by atoms with Crippen molar-refractivity contribution >= 4 is 16.0 Å². The molecule has 0 aliphatic heterocycles. The molecule has 0 saturated carbocycles. The predicted octanol–water partition coefficient (Wildman–Crippen LogP) is 1.33. The molecule has 0 radical (unpaired) electrons. The Morgan fingerprint density at radius 1 is 1.35 bits per heavy atom. The van der Waals surface area contributed by atoms with Gasteiger partial charge in [0, 0.05) is 5.70 Å². The van der Waals surface area contributed by atoms with Crippen LogP contribution in [0, 0.1) is 11.3 Å². The van der Waals surface area contributed by atoms with Crippen LogP contribution in [0.3, 0.4) is 0 Å². The summed E-state index contributed by atoms with van der Waals surface area (Å²) in [5, 5.41) is 8.92. The molecule has 1 rings (SSSR count). The number of nitriles is 1. The van der Waals surface area contributed by atoms with E-state index < -0.39 is 16.0 Å². The third-order valence-corrected chi connectivity index (χ3v) is 3.78. The molecule has 106 valence electrons. The average Bonchev–Trinajstić information content (AvgIpc) is 2.40. The Labute approximate surface area is 117 Å². The van der Waals surface area contributed by atoms with Crippen LogP contribution in [-0.4, -0.2) is 21.0 Å². The molecule has 0 aromatic heterocycles. The highest BCUT2D eigenvalue weighted by molar-refractivity contribution is 7.89. The first-order chi connectivity index (χ1) is 9.42. The Kier molecular flexibility index (Phi) is 5.29. The monoisotopic (exact) mass is 294 g/mol. The van der Waals surface area contributed by atoms with E-state index in [0.717, 1.165) is 0 Å². The highest BCUT2D eigenvalue weighted by Gasteiger charge is 2.19. The zero-order valence-electron chi connectivity index (χ0n) is 11.1. The van der Waals surface area contributed by atoms with Gasteiger partial charge in [-0.25, -0.2) is 13.2 Å². The number of sulfonamides is 1. The molecule has 0 heterocycles. The number of rotatable bonds is 5. The molecule has 0 saturated heterocycles. The summed E-state index contributed by atoms with van der Waals surface area (Å²) in [6.07, 6.45) is 0. The summed E-state index contributed by atoms with van der Waals surface area (Å²) in [7, 11) is -3.83. The molecule has 0 aliphatic carbocycles. The SMILES string of the molecule is CCOC(=O)/C(C#N)=C(/C)NS(=O)(=O)c1ccccc1. The number of carbonyl (C=O) groups is 1. The van der Waals surface area contributed by atoms with E-state index in [0.29, 0.717) is 0 Å². The van der Waals surface area contributed by atoms with E-state index in [4.69, 9.17) is 5.26 Å². The Hall–Kier alpha value is -2.33. The van der Waals surface area contributed by atoms with E-state index in [2.05, 4.69) is 9.46 Å². The van der Waals surface area contributed by atoms with Crippen molar-refractivity contribution in [3.05, 3.63) is 41.6 Å². The summed E-state index contributed by atoms with van der Waals surface area (Å²) in [4.78, 5) is 11.5. The molecule has 6 nitrogen and oxygen atoms in total. The van der Waals surface area contributed by atoms with Crippen molar-refractivity contribution in [2.75, 3.05) is 6.61 Å². The zero-order valence-corrected chi connectivity index (χ0v) is 11.9. The van der Waals surface area contributed by atoms with Gasteiger partial charge in [0.05, 0.1) is 11.5 Å². The molecule has 0 unspecified atom stereocenters. The number of hydrogen-bond donors (Lipinski definition) is 1. The van der Waals surface area contributed by atoms with Crippen molar-refractivity contribution < 1.29 is 17.9 Å². The molecule has 0 atom stereocenters. The normalized spacial score (nSPS) is 12.1. The number of benzene rings is 1. The molecule has 0 fully saturated rings. The summed E-state index contributed by atoms with van der Waals surface area (Å²) in [6.45, 7) is 3.02. The first kappa shape index (κ1) is 15.7. The Balaban J connectivity index is 3.08. The minimum absolute atomic E-state index is 0.0421. The fourth-order valence-corrected chi connectivity index (χ4v) is 2.54. The molecule has 1 aromatic carbocycles. The third-order valence-electron chi connectivity index (χ3n) is 2.31. The van der Waals surface area contributed by atoms with Crippen molar-refractivity contribution in [2.45, 2.75) is 18.7 Å². The van der Waals surface area contributed by atoms with Crippen LogP contribution in [0.4, 0.5) is 0 Å². The first-order valence-electron chi connectivity index (χ1n) is 5.78. The van der Waals surface area contributed by atoms with Gasteiger partial charge in [0.15, 0.2) is 5.57 Å². The number of nitrogens with one attached hydrogen (secondary N) is 1. The molecule has 1 aromatic rings. The average molecular weight is 294 g/mol. The van der Waals surface area contributed by atoms with Crippen LogP contribution in [0.25, 0.3) is 0 Å². The van der Waals surface area contributed by atoms with Gasteiger partial charge in [0.2, 0.25) is 0 Å². The quantitative estimate of drug-likeness (QED) is 0.502. The van der Waals surface area contributed by atoms with Crippen LogP contribution in [0.2, 0.25) is 0 Å². The molecule has 0 amide bonds. The summed E-state index contributed by atoms with van der Waals surface area (Å²) < 4.78 is 30.9. The summed E-state index contributed by atoms with van der Waals surface area (Å²) in [5.74, 6) is -0.858. The maximum absolute atomic E-state index is 12.0. The predicted molar refractivity (Wildman–Crippen MR) is 71.7 cm³/mol. The second-order valence-electron chi connectivity index (χ2n) is 3.75. The zero-order chi connectivity index (χ0) is 15.2. The lowest BCUT2D eigenvalue weighted by Gasteiger charge is -2.09. The summed E-state index contributed by atoms with van der Waals surface area (Å²) in [6, 6.07) is 9.28. The molecule has 7 heteroatoms. The molecule has 0 spiro atoms. The molecular formula is C13H14N2O4S. The van der Waals surface area contributed by atoms with Gasteiger partial charge in [0.25, 0.3) is 10.0 Å². The van der Waals surface area contributed by atoms with Gasteiger partial charge in [0.1, 0.15) is 6.07 Å². The van der Waals surface area contributed by atoms with Gasteiger partial charge in [-0.3, -0.25) is 4.72 Å². The van der Waals surface area contributed by atoms with E-state index in [1.807, 2.05) is 0 Å². The van der Waals surface area contributed by atoms with E-state index in [1.54, 1.807) is 31.2 Å². The van der Waals surface area contributed by atoms with Crippen molar-refractivity contribution in [1.82, 2.24) is 4.72 Å². The number of esters is 1. The van der Waals surface area contributed by atoms with Gasteiger partial charge in [-0.2, -0.15) is 5.26 Å². The largest absolute Gasteiger partial charge is 0.462 e. The Morgan fingerprint density at radius 3 is 2.45 bits per heavy atom. The highest BCUT2D eigenvalue weighted by atomic mass is 32.2. The standard InChI is InChI=1S/C13H14N2O4S/c1-3-19-13(16)12(9-14)10(2)15-20(17,18)11-7-5-4-6-8-11/h4-8,15H,3H2,1-2H3/b12-10-. The summed E-state index contributed by atoms with van der Waals surface area (Å²) >= 11 is 0. The molecule has 0 aliphatic rings. The van der Waals surface area contributed by atoms with E-state index >= 15 is 0 Å². The maximum atomic E-state index is 12.0. The molecule has 0 bridgehead atoms. The molecule has 1 N–H and O–H groups in total. The van der Waals surface area contributed by atoms with Crippen LogP contribution in [0.5, 0.6) is 0 Å². The van der Waals surface area contributed by atoms with E-state index in [9.17, 15) is 13.2 Å². The highest BCUT2D eigenvalue weighted by Crippen LogP contribution is 2.11. The van der Waals surface area contributed by atoms with Crippen molar-refractivity contribution in [3.8, 4) is 6.07 Å². The fraction of sp³-hybridized carbons (Fsp3) is 0.231. The molecular weight excluding hydrogens is 280 g/mol. The van der Waals surface area contributed by atoms with Crippen molar-refractivity contribution in [2.24, 2.45) is 0 Å². The van der Waals surface area contributed by atoms with Gasteiger partial charge < -0.3 is 4.74 Å². The molecule has 20 heavy (non-hydrogen) atoms. The maximum Gasteiger partial charge on any atom is 0.350 e. The number of ether oxygens (including phenoxy) is 1. The minimum Gasteiger partial charge on any atom is -0.462 e. The summed E-state index contributed by atoms with van der Waals surface area (Å²) in [5.41, 5.74) is -0.443. The second kappa shape index (κ2) is 6.73. The number of allylic oxidation sites excluding steroid dienone is 1. The van der Waals surface area contributed by atoms with Crippen molar-refractivity contribution in [3.63, 3.8) is 0 Å². The van der Waals surface area contributed by atoms with Gasteiger partial charge in [-0.05, 0) is 26.0 Å². The smallest absolute Gasteiger partial charge is 0.350 e. The second-order valence-corrected chi connectivity index (χ2v) is 5.43. The fourth-order valence-electron chi connectivity index (χ4n) is 1.40. The van der Waals surface area contributed by atoms with Crippen LogP contribution in [-0.2, 0) is 19.6 Å². The minimum atomic E-state index is -3.83. The van der Waals surface area contributed by atoms with Crippen LogP contribution in [0.15, 0.2) is 46.5 Å². The van der Waals surface area contributed by atoms with E-state index in [1.165, 1.54) is 19.1 Å². The number of carbonyl (C=O) groups excluding carboxylic acids is 1. The van der Waals surface area contributed by atoms with Crippen LogP contribution in [0.1, 0.15) is 13.8 Å². The lowest BCUT2D eigenvalue weighted by molar-refractivity contribution is -0.138. The third kappa shape index (κ3) is 3.83. The van der Waals surface area contributed by atoms with Crippen LogP contribution >= 0.6 is 0 Å². The Bertz CT molecular complexity index is 657. The topological polar surface area (TPSA) is 96.3 Å². The van der Waals surface area contributed by atoms with Gasteiger partial charge in [-0.1, -0.05) is 18.2 Å². The first-order valence-corrected chi connectivity index (χ1v) is 7.26.